The summed E-state index contributed by atoms with van der Waals surface area (Å²) in [5.41, 5.74) is 3.29. The zero-order chi connectivity index (χ0) is 26.6. The van der Waals surface area contributed by atoms with Crippen molar-refractivity contribution >= 4 is 23.0 Å². The van der Waals surface area contributed by atoms with Gasteiger partial charge in [0.05, 0.1) is 25.4 Å². The van der Waals surface area contributed by atoms with Crippen LogP contribution in [0.25, 0.3) is 0 Å². The number of benzene rings is 2. The molecule has 3 aliphatic heterocycles. The number of aromatic nitrogens is 2. The highest BCUT2D eigenvalue weighted by molar-refractivity contribution is 5.69. The summed E-state index contributed by atoms with van der Waals surface area (Å²) >= 11 is 0. The summed E-state index contributed by atoms with van der Waals surface area (Å²) in [7, 11) is 3.97. The van der Waals surface area contributed by atoms with Gasteiger partial charge in [0.1, 0.15) is 17.9 Å². The highest BCUT2D eigenvalue weighted by Crippen LogP contribution is 2.36. The lowest BCUT2D eigenvalue weighted by atomic mass is 10.0. The molecule has 0 spiro atoms. The smallest absolute Gasteiger partial charge is 0.158 e. The second-order valence-corrected chi connectivity index (χ2v) is 10.7. The summed E-state index contributed by atoms with van der Waals surface area (Å²) in [5.74, 6) is 2.32. The van der Waals surface area contributed by atoms with Crippen molar-refractivity contribution in [1.29, 1.82) is 0 Å². The molecule has 9 heteroatoms. The van der Waals surface area contributed by atoms with Crippen molar-refractivity contribution in [3.05, 3.63) is 66.5 Å². The molecule has 0 saturated carbocycles. The summed E-state index contributed by atoms with van der Waals surface area (Å²) in [6.07, 6.45) is 5.06. The van der Waals surface area contributed by atoms with Crippen LogP contribution < -0.4 is 20.0 Å². The fraction of sp³-hybridized carbons (Fsp3) is 0.467. The van der Waals surface area contributed by atoms with Crippen LogP contribution in [-0.2, 0) is 4.84 Å². The highest BCUT2D eigenvalue weighted by atomic mass is 16.7. The number of piperidine rings is 1. The van der Waals surface area contributed by atoms with Crippen LogP contribution in [-0.4, -0.2) is 85.8 Å². The van der Waals surface area contributed by atoms with E-state index in [1.54, 1.807) is 13.4 Å². The maximum Gasteiger partial charge on any atom is 0.158 e. The Labute approximate surface area is 231 Å². The van der Waals surface area contributed by atoms with Gasteiger partial charge in [0.25, 0.3) is 0 Å². The fourth-order valence-corrected chi connectivity index (χ4v) is 6.06. The average molecular weight is 530 g/mol. The number of rotatable bonds is 7. The van der Waals surface area contributed by atoms with Crippen molar-refractivity contribution < 1.29 is 9.57 Å². The largest absolute Gasteiger partial charge is 0.495 e. The zero-order valence-electron chi connectivity index (χ0n) is 23.0. The van der Waals surface area contributed by atoms with Gasteiger partial charge in [0.15, 0.2) is 5.82 Å². The molecule has 1 atom stereocenters. The van der Waals surface area contributed by atoms with Crippen molar-refractivity contribution in [2.24, 2.45) is 0 Å². The van der Waals surface area contributed by atoms with E-state index >= 15 is 0 Å². The van der Waals surface area contributed by atoms with Gasteiger partial charge < -0.3 is 19.9 Å². The summed E-state index contributed by atoms with van der Waals surface area (Å²) < 4.78 is 5.84. The van der Waals surface area contributed by atoms with Gasteiger partial charge in [-0.3, -0.25) is 9.74 Å². The Balaban J connectivity index is 1.11. The van der Waals surface area contributed by atoms with Gasteiger partial charge in [-0.1, -0.05) is 30.3 Å². The number of anilines is 4. The van der Waals surface area contributed by atoms with Crippen LogP contribution in [0.1, 0.15) is 30.9 Å². The maximum atomic E-state index is 5.97. The second kappa shape index (κ2) is 11.8. The molecule has 0 radical (unpaired) electrons. The van der Waals surface area contributed by atoms with E-state index in [0.717, 1.165) is 61.6 Å². The molecule has 2 aromatic carbocycles. The fourth-order valence-electron chi connectivity index (χ4n) is 6.06. The van der Waals surface area contributed by atoms with Crippen LogP contribution in [0.5, 0.6) is 5.75 Å². The van der Waals surface area contributed by atoms with Crippen LogP contribution in [0.2, 0.25) is 0 Å². The first kappa shape index (κ1) is 25.9. The Kier molecular flexibility index (Phi) is 7.81. The molecule has 9 nitrogen and oxygen atoms in total. The lowest BCUT2D eigenvalue weighted by molar-refractivity contribution is 0.115. The molecular weight excluding hydrogens is 490 g/mol. The van der Waals surface area contributed by atoms with Gasteiger partial charge >= 0.3 is 0 Å². The molecule has 4 heterocycles. The molecule has 206 valence electrons. The molecule has 0 bridgehead atoms. The molecule has 3 fully saturated rings. The number of hydroxylamine groups is 1. The van der Waals surface area contributed by atoms with E-state index < -0.39 is 0 Å². The third-order valence-electron chi connectivity index (χ3n) is 8.28. The number of nitrogens with one attached hydrogen (secondary N) is 1. The molecule has 3 aliphatic rings. The molecule has 3 aromatic rings. The summed E-state index contributed by atoms with van der Waals surface area (Å²) in [5, 5.41) is 5.34. The summed E-state index contributed by atoms with van der Waals surface area (Å²) in [6.45, 7) is 7.32. The highest BCUT2D eigenvalue weighted by Gasteiger charge is 2.30. The third-order valence-corrected chi connectivity index (χ3v) is 8.28. The lowest BCUT2D eigenvalue weighted by Crippen LogP contribution is -2.53. The Hall–Kier alpha value is -3.40. The molecule has 0 amide bonds. The van der Waals surface area contributed by atoms with E-state index in [0.29, 0.717) is 12.4 Å². The second-order valence-electron chi connectivity index (χ2n) is 10.7. The normalized spacial score (nSPS) is 21.3. The van der Waals surface area contributed by atoms with Crippen molar-refractivity contribution in [2.75, 3.05) is 75.3 Å². The van der Waals surface area contributed by atoms with Gasteiger partial charge in [-0.2, -0.15) is 0 Å². The third kappa shape index (κ3) is 5.80. The first-order chi connectivity index (χ1) is 19.2. The van der Waals surface area contributed by atoms with E-state index in [4.69, 9.17) is 9.57 Å². The van der Waals surface area contributed by atoms with Crippen LogP contribution >= 0.6 is 0 Å². The predicted octanol–water partition coefficient (Wildman–Crippen LogP) is 4.33. The Morgan fingerprint density at radius 3 is 2.46 bits per heavy atom. The summed E-state index contributed by atoms with van der Waals surface area (Å²) in [4.78, 5) is 22.5. The van der Waals surface area contributed by atoms with E-state index in [1.165, 1.54) is 31.5 Å². The van der Waals surface area contributed by atoms with Crippen LogP contribution in [0.4, 0.5) is 23.0 Å². The van der Waals surface area contributed by atoms with Crippen LogP contribution in [0.15, 0.2) is 60.9 Å². The molecule has 3 saturated heterocycles. The Bertz CT molecular complexity index is 1230. The Morgan fingerprint density at radius 1 is 0.897 bits per heavy atom. The standard InChI is InChI=1S/C30H39N7O2/c1-34-13-10-25(11-14-34)35-15-17-36(18-16-35)27-9-8-24(20-28(27)38-2)33-29-21-30(32-22-31-29)37-26(12-19-39-37)23-6-4-3-5-7-23/h3-9,20-22,25-26H,10-19H2,1-2H3,(H,31,32,33). The first-order valence-electron chi connectivity index (χ1n) is 14.1. The van der Waals surface area contributed by atoms with Gasteiger partial charge in [-0.05, 0) is 50.7 Å². The molecule has 0 aliphatic carbocycles. The van der Waals surface area contributed by atoms with Crippen molar-refractivity contribution in [2.45, 2.75) is 31.3 Å². The van der Waals surface area contributed by atoms with Crippen molar-refractivity contribution in [3.8, 4) is 5.75 Å². The minimum absolute atomic E-state index is 0.133. The number of hydrogen-bond donors (Lipinski definition) is 1. The number of piperazine rings is 1. The molecule has 1 aromatic heterocycles. The van der Waals surface area contributed by atoms with E-state index in [1.807, 2.05) is 17.2 Å². The van der Waals surface area contributed by atoms with Crippen LogP contribution in [0, 0.1) is 0 Å². The topological polar surface area (TPSA) is 69.2 Å². The van der Waals surface area contributed by atoms with Crippen molar-refractivity contribution in [3.63, 3.8) is 0 Å². The number of nitrogens with zero attached hydrogens (tertiary/aromatic N) is 6. The van der Waals surface area contributed by atoms with E-state index in [9.17, 15) is 0 Å². The zero-order valence-corrected chi connectivity index (χ0v) is 23.0. The minimum atomic E-state index is 0.133. The molecular formula is C30H39N7O2. The van der Waals surface area contributed by atoms with Gasteiger partial charge in [0, 0.05) is 56.5 Å². The number of likely N-dealkylation sites (tertiary alicyclic amines) is 1. The maximum absolute atomic E-state index is 5.97. The van der Waals surface area contributed by atoms with Crippen LogP contribution in [0.3, 0.4) is 0 Å². The van der Waals surface area contributed by atoms with E-state index in [-0.39, 0.29) is 6.04 Å². The molecule has 1 unspecified atom stereocenters. The average Bonchev–Trinajstić information content (AvgIpc) is 3.49. The Morgan fingerprint density at radius 2 is 1.69 bits per heavy atom. The number of hydrogen-bond acceptors (Lipinski definition) is 9. The van der Waals surface area contributed by atoms with Gasteiger partial charge in [-0.15, -0.1) is 0 Å². The SMILES string of the molecule is COc1cc(Nc2cc(N3OCCC3c3ccccc3)ncn2)ccc1N1CCN(C2CCN(C)CC2)CC1. The minimum Gasteiger partial charge on any atom is -0.495 e. The van der Waals surface area contributed by atoms with Crippen molar-refractivity contribution in [1.82, 2.24) is 19.8 Å². The number of ether oxygens (including phenoxy) is 1. The monoisotopic (exact) mass is 529 g/mol. The predicted molar refractivity (Wildman–Crippen MR) is 155 cm³/mol. The molecule has 1 N–H and O–H groups in total. The first-order valence-corrected chi connectivity index (χ1v) is 14.1. The molecule has 39 heavy (non-hydrogen) atoms. The molecule has 6 rings (SSSR count). The van der Waals surface area contributed by atoms with E-state index in [2.05, 4.69) is 79.5 Å². The number of methoxy groups -OCH3 is 1. The quantitative estimate of drug-likeness (QED) is 0.482. The van der Waals surface area contributed by atoms with Gasteiger partial charge in [0.2, 0.25) is 0 Å². The van der Waals surface area contributed by atoms with Gasteiger partial charge in [-0.25, -0.2) is 15.0 Å². The summed E-state index contributed by atoms with van der Waals surface area (Å²) in [6, 6.07) is 19.5. The lowest BCUT2D eigenvalue weighted by Gasteiger charge is -2.43.